The molecular weight excluding hydrogens is 386 g/mol. The molecule has 4 aliphatic rings. The van der Waals surface area contributed by atoms with Crippen LogP contribution in [-0.4, -0.2) is 64.5 Å². The summed E-state index contributed by atoms with van der Waals surface area (Å²) in [5, 5.41) is 21.3. The molecule has 2 aromatic rings. The minimum absolute atomic E-state index is 0.268. The van der Waals surface area contributed by atoms with Crippen molar-refractivity contribution in [2.24, 2.45) is 5.92 Å². The Bertz CT molecular complexity index is 975. The lowest BCUT2D eigenvalue weighted by Crippen LogP contribution is -2.58. The van der Waals surface area contributed by atoms with E-state index in [0.29, 0.717) is 19.5 Å². The Morgan fingerprint density at radius 1 is 1.03 bits per heavy atom. The molecular formula is C26H31N3O2. The summed E-state index contributed by atoms with van der Waals surface area (Å²) in [4.78, 5) is 9.47. The van der Waals surface area contributed by atoms with Crippen LogP contribution in [0.25, 0.3) is 0 Å². The molecule has 0 radical (unpaired) electrons. The molecule has 4 fully saturated rings. The maximum atomic E-state index is 11.2. The molecule has 1 aromatic heterocycles. The van der Waals surface area contributed by atoms with Gasteiger partial charge in [0, 0.05) is 37.5 Å². The van der Waals surface area contributed by atoms with Gasteiger partial charge in [0.05, 0.1) is 11.8 Å². The minimum atomic E-state index is -0.920. The van der Waals surface area contributed by atoms with Gasteiger partial charge in [0.25, 0.3) is 0 Å². The maximum absolute atomic E-state index is 11.2. The zero-order valence-electron chi connectivity index (χ0n) is 18.0. The largest absolute Gasteiger partial charge is 0.391 e. The molecule has 0 aliphatic carbocycles. The van der Waals surface area contributed by atoms with E-state index in [1.54, 1.807) is 0 Å². The van der Waals surface area contributed by atoms with Crippen molar-refractivity contribution in [1.82, 2.24) is 9.88 Å². The van der Waals surface area contributed by atoms with E-state index in [1.807, 2.05) is 30.3 Å². The molecule has 162 valence electrons. The summed E-state index contributed by atoms with van der Waals surface area (Å²) in [6, 6.07) is 14.4. The predicted octanol–water partition coefficient (Wildman–Crippen LogP) is 2.44. The normalized spacial score (nSPS) is 30.0. The first-order valence-electron chi connectivity index (χ1n) is 11.5. The van der Waals surface area contributed by atoms with Crippen LogP contribution in [0.3, 0.4) is 0 Å². The van der Waals surface area contributed by atoms with E-state index >= 15 is 0 Å². The van der Waals surface area contributed by atoms with Gasteiger partial charge in [-0.25, -0.2) is 4.98 Å². The third-order valence-electron chi connectivity index (χ3n) is 7.04. The number of piperidine rings is 4. The molecule has 0 amide bonds. The summed E-state index contributed by atoms with van der Waals surface area (Å²) < 4.78 is 0. The number of pyridine rings is 1. The van der Waals surface area contributed by atoms with Crippen LogP contribution in [0, 0.1) is 17.8 Å². The van der Waals surface area contributed by atoms with Gasteiger partial charge in [-0.2, -0.15) is 0 Å². The number of benzene rings is 1. The number of fused-ring (bicyclic) bond motifs is 3. The topological polar surface area (TPSA) is 59.8 Å². The van der Waals surface area contributed by atoms with Gasteiger partial charge in [-0.3, -0.25) is 4.90 Å². The van der Waals surface area contributed by atoms with Crippen LogP contribution >= 0.6 is 0 Å². The highest BCUT2D eigenvalue weighted by Crippen LogP contribution is 2.35. The van der Waals surface area contributed by atoms with E-state index in [0.717, 1.165) is 62.4 Å². The molecule has 2 N–H and O–H groups in total. The average molecular weight is 418 g/mol. The fraction of sp³-hybridized carbons (Fsp3) is 0.500. The van der Waals surface area contributed by atoms with Crippen molar-refractivity contribution in [3.8, 4) is 11.8 Å². The summed E-state index contributed by atoms with van der Waals surface area (Å²) in [7, 11) is 0. The summed E-state index contributed by atoms with van der Waals surface area (Å²) in [5.41, 5.74) is 2.09. The molecule has 2 atom stereocenters. The lowest BCUT2D eigenvalue weighted by Gasteiger charge is -2.47. The Morgan fingerprint density at radius 3 is 2.55 bits per heavy atom. The van der Waals surface area contributed by atoms with E-state index < -0.39 is 5.60 Å². The van der Waals surface area contributed by atoms with Gasteiger partial charge in [-0.1, -0.05) is 42.2 Å². The standard InChI is InChI=1S/C26H31N3O2/c30-23-7-4-14-29(18-23)25-9-8-21(24(27-25)17-20-5-2-1-3-6-20)10-13-26(31)19-28-15-11-22(26)12-16-28/h1-3,5-6,8-9,22-23,30-31H,4,7,11-12,14-19H2. The first kappa shape index (κ1) is 20.5. The number of aliphatic hydroxyl groups excluding tert-OH is 1. The molecule has 0 spiro atoms. The van der Waals surface area contributed by atoms with Crippen LogP contribution in [0.15, 0.2) is 42.5 Å². The third-order valence-corrected chi connectivity index (χ3v) is 7.04. The van der Waals surface area contributed by atoms with Crippen molar-refractivity contribution in [3.05, 3.63) is 59.3 Å². The van der Waals surface area contributed by atoms with E-state index in [1.165, 1.54) is 5.56 Å². The third kappa shape index (κ3) is 4.48. The summed E-state index contributed by atoms with van der Waals surface area (Å²) >= 11 is 0. The predicted molar refractivity (Wildman–Crippen MR) is 122 cm³/mol. The quantitative estimate of drug-likeness (QED) is 0.752. The summed E-state index contributed by atoms with van der Waals surface area (Å²) in [6.45, 7) is 4.34. The van der Waals surface area contributed by atoms with Gasteiger partial charge in [-0.05, 0) is 56.5 Å². The number of aromatic nitrogens is 1. The number of anilines is 1. The Hall–Kier alpha value is -2.39. The Morgan fingerprint density at radius 2 is 1.84 bits per heavy atom. The van der Waals surface area contributed by atoms with Gasteiger partial charge in [0.1, 0.15) is 11.4 Å². The number of rotatable bonds is 3. The highest BCUT2D eigenvalue weighted by atomic mass is 16.3. The Labute approximate surface area is 184 Å². The SMILES string of the molecule is OC1CCCN(c2ccc(C#CC3(O)CN4CCC3CC4)c(Cc3ccccc3)n2)C1. The van der Waals surface area contributed by atoms with Gasteiger partial charge in [0.2, 0.25) is 0 Å². The van der Waals surface area contributed by atoms with E-state index in [2.05, 4.69) is 33.8 Å². The molecule has 5 nitrogen and oxygen atoms in total. The van der Waals surface area contributed by atoms with Crippen molar-refractivity contribution >= 4 is 5.82 Å². The fourth-order valence-corrected chi connectivity index (χ4v) is 5.22. The van der Waals surface area contributed by atoms with E-state index in [9.17, 15) is 10.2 Å². The van der Waals surface area contributed by atoms with Crippen LogP contribution in [0.5, 0.6) is 0 Å². The van der Waals surface area contributed by atoms with Crippen LogP contribution in [0.1, 0.15) is 42.5 Å². The Balaban J connectivity index is 1.46. The van der Waals surface area contributed by atoms with Crippen molar-refractivity contribution in [2.75, 3.05) is 37.6 Å². The lowest BCUT2D eigenvalue weighted by molar-refractivity contribution is -0.0713. The van der Waals surface area contributed by atoms with E-state index in [-0.39, 0.29) is 12.0 Å². The second kappa shape index (κ2) is 8.63. The zero-order chi connectivity index (χ0) is 21.3. The van der Waals surface area contributed by atoms with Gasteiger partial charge >= 0.3 is 0 Å². The van der Waals surface area contributed by atoms with Crippen molar-refractivity contribution in [1.29, 1.82) is 0 Å². The van der Waals surface area contributed by atoms with Crippen molar-refractivity contribution in [2.45, 2.75) is 43.8 Å². The van der Waals surface area contributed by atoms with Crippen molar-refractivity contribution in [3.63, 3.8) is 0 Å². The highest BCUT2D eigenvalue weighted by molar-refractivity contribution is 5.49. The molecule has 4 saturated heterocycles. The molecule has 1 aromatic carbocycles. The Kier molecular flexibility index (Phi) is 5.71. The molecule has 6 rings (SSSR count). The van der Waals surface area contributed by atoms with Crippen molar-refractivity contribution < 1.29 is 10.2 Å². The number of hydrogen-bond donors (Lipinski definition) is 2. The summed E-state index contributed by atoms with van der Waals surface area (Å²) in [6.07, 6.45) is 4.28. The number of nitrogens with zero attached hydrogens (tertiary/aromatic N) is 3. The summed E-state index contributed by atoms with van der Waals surface area (Å²) in [5.74, 6) is 7.73. The van der Waals surface area contributed by atoms with Gasteiger partial charge in [0.15, 0.2) is 0 Å². The molecule has 4 aliphatic heterocycles. The monoisotopic (exact) mass is 417 g/mol. The number of β-amino-alcohol motifs (C(OH)–C–C–N with tert-alkyl or cyclic N) is 1. The first-order chi connectivity index (χ1) is 15.1. The van der Waals surface area contributed by atoms with Gasteiger partial charge < -0.3 is 15.1 Å². The van der Waals surface area contributed by atoms with Crippen LogP contribution in [0.4, 0.5) is 5.82 Å². The van der Waals surface area contributed by atoms with E-state index in [4.69, 9.17) is 4.98 Å². The second-order valence-electron chi connectivity index (χ2n) is 9.29. The van der Waals surface area contributed by atoms with Crippen LogP contribution in [-0.2, 0) is 6.42 Å². The number of hydrogen-bond acceptors (Lipinski definition) is 5. The molecule has 2 unspecified atom stereocenters. The van der Waals surface area contributed by atoms with Crippen LogP contribution in [0.2, 0.25) is 0 Å². The molecule has 31 heavy (non-hydrogen) atoms. The highest BCUT2D eigenvalue weighted by Gasteiger charge is 2.44. The molecule has 5 heterocycles. The molecule has 5 heteroatoms. The maximum Gasteiger partial charge on any atom is 0.141 e. The van der Waals surface area contributed by atoms with Crippen LogP contribution < -0.4 is 4.90 Å². The smallest absolute Gasteiger partial charge is 0.141 e. The first-order valence-corrected chi connectivity index (χ1v) is 11.5. The molecule has 2 bridgehead atoms. The average Bonchev–Trinajstić information content (AvgIpc) is 2.79. The second-order valence-corrected chi connectivity index (χ2v) is 9.29. The lowest BCUT2D eigenvalue weighted by atomic mass is 9.75. The fourth-order valence-electron chi connectivity index (χ4n) is 5.22. The van der Waals surface area contributed by atoms with Gasteiger partial charge in [-0.15, -0.1) is 0 Å². The minimum Gasteiger partial charge on any atom is -0.391 e. The number of aliphatic hydroxyl groups is 2. The molecule has 0 saturated carbocycles. The zero-order valence-corrected chi connectivity index (χ0v) is 18.0.